The van der Waals surface area contributed by atoms with E-state index in [-0.39, 0.29) is 18.0 Å². The lowest BCUT2D eigenvalue weighted by atomic mass is 9.97. The standard InChI is InChI=1S/C17H17F2N3O/c1-22-6-5-12-11(10-22)7-20-8-13(12)17(23)21-9-14-15(18)3-2-4-16(14)19/h2-4,7-8H,5-6,9-10H2,1H3,(H,21,23). The Morgan fingerprint density at radius 2 is 2.04 bits per heavy atom. The predicted octanol–water partition coefficient (Wildman–Crippen LogP) is 2.28. The number of halogens is 2. The molecule has 23 heavy (non-hydrogen) atoms. The topological polar surface area (TPSA) is 45.2 Å². The van der Waals surface area contributed by atoms with Gasteiger partial charge < -0.3 is 10.2 Å². The fraction of sp³-hybridized carbons (Fsp3) is 0.294. The molecule has 1 aromatic carbocycles. The van der Waals surface area contributed by atoms with Crippen LogP contribution in [0.3, 0.4) is 0 Å². The third-order valence-electron chi connectivity index (χ3n) is 4.06. The summed E-state index contributed by atoms with van der Waals surface area (Å²) in [6.07, 6.45) is 4.03. The van der Waals surface area contributed by atoms with Gasteiger partial charge in [0.15, 0.2) is 0 Å². The van der Waals surface area contributed by atoms with E-state index in [1.54, 1.807) is 6.20 Å². The lowest BCUT2D eigenvalue weighted by molar-refractivity contribution is 0.0948. The molecule has 6 heteroatoms. The zero-order valence-electron chi connectivity index (χ0n) is 12.8. The quantitative estimate of drug-likeness (QED) is 0.944. The second-order valence-corrected chi connectivity index (χ2v) is 5.70. The molecular formula is C17H17F2N3O. The van der Waals surface area contributed by atoms with Crippen LogP contribution in [-0.2, 0) is 19.5 Å². The number of fused-ring (bicyclic) bond motifs is 1. The molecule has 0 spiro atoms. The van der Waals surface area contributed by atoms with Crippen molar-refractivity contribution in [2.24, 2.45) is 0 Å². The van der Waals surface area contributed by atoms with Gasteiger partial charge in [-0.1, -0.05) is 6.07 Å². The van der Waals surface area contributed by atoms with Gasteiger partial charge in [-0.05, 0) is 36.7 Å². The number of likely N-dealkylation sites (N-methyl/N-ethyl adjacent to an activating group) is 1. The molecule has 2 heterocycles. The van der Waals surface area contributed by atoms with Crippen molar-refractivity contribution in [3.8, 4) is 0 Å². The van der Waals surface area contributed by atoms with Crippen molar-refractivity contribution in [2.45, 2.75) is 19.5 Å². The lowest BCUT2D eigenvalue weighted by Gasteiger charge is -2.26. The summed E-state index contributed by atoms with van der Waals surface area (Å²) in [7, 11) is 2.01. The third-order valence-corrected chi connectivity index (χ3v) is 4.06. The number of carbonyl (C=O) groups excluding carboxylic acids is 1. The van der Waals surface area contributed by atoms with E-state index in [4.69, 9.17) is 0 Å². The minimum Gasteiger partial charge on any atom is -0.348 e. The smallest absolute Gasteiger partial charge is 0.253 e. The molecule has 4 nitrogen and oxygen atoms in total. The first kappa shape index (κ1) is 15.6. The number of carbonyl (C=O) groups is 1. The van der Waals surface area contributed by atoms with Crippen molar-refractivity contribution >= 4 is 5.91 Å². The van der Waals surface area contributed by atoms with Gasteiger partial charge in [-0.3, -0.25) is 9.78 Å². The molecule has 0 aliphatic carbocycles. The monoisotopic (exact) mass is 317 g/mol. The van der Waals surface area contributed by atoms with E-state index >= 15 is 0 Å². The minimum atomic E-state index is -0.667. The molecule has 0 saturated carbocycles. The highest BCUT2D eigenvalue weighted by molar-refractivity contribution is 5.95. The minimum absolute atomic E-state index is 0.140. The van der Waals surface area contributed by atoms with E-state index in [1.807, 2.05) is 7.05 Å². The van der Waals surface area contributed by atoms with E-state index in [9.17, 15) is 13.6 Å². The van der Waals surface area contributed by atoms with Gasteiger partial charge in [-0.2, -0.15) is 0 Å². The lowest BCUT2D eigenvalue weighted by Crippen LogP contribution is -2.31. The number of benzene rings is 1. The van der Waals surface area contributed by atoms with E-state index in [2.05, 4.69) is 15.2 Å². The van der Waals surface area contributed by atoms with Crippen LogP contribution < -0.4 is 5.32 Å². The first-order chi connectivity index (χ1) is 11.1. The van der Waals surface area contributed by atoms with Gasteiger partial charge >= 0.3 is 0 Å². The summed E-state index contributed by atoms with van der Waals surface area (Å²) in [6, 6.07) is 3.64. The molecule has 0 atom stereocenters. The molecule has 1 aliphatic heterocycles. The fourth-order valence-corrected chi connectivity index (χ4v) is 2.80. The molecule has 1 aliphatic rings. The number of aromatic nitrogens is 1. The number of rotatable bonds is 3. The van der Waals surface area contributed by atoms with Crippen LogP contribution in [0.25, 0.3) is 0 Å². The summed E-state index contributed by atoms with van der Waals surface area (Å²) in [6.45, 7) is 1.41. The average Bonchev–Trinajstić information content (AvgIpc) is 2.53. The zero-order valence-corrected chi connectivity index (χ0v) is 12.8. The summed E-state index contributed by atoms with van der Waals surface area (Å²) in [4.78, 5) is 18.6. The Kier molecular flexibility index (Phi) is 4.34. The van der Waals surface area contributed by atoms with Crippen molar-refractivity contribution in [3.63, 3.8) is 0 Å². The summed E-state index contributed by atoms with van der Waals surface area (Å²) < 4.78 is 27.2. The van der Waals surface area contributed by atoms with Gasteiger partial charge in [0.2, 0.25) is 0 Å². The van der Waals surface area contributed by atoms with Gasteiger partial charge in [0.25, 0.3) is 5.91 Å². The first-order valence-electron chi connectivity index (χ1n) is 7.41. The van der Waals surface area contributed by atoms with Crippen LogP contribution in [0.4, 0.5) is 8.78 Å². The Balaban J connectivity index is 1.78. The maximum absolute atomic E-state index is 13.6. The molecule has 0 fully saturated rings. The number of hydrogen-bond acceptors (Lipinski definition) is 3. The highest BCUT2D eigenvalue weighted by Gasteiger charge is 2.20. The van der Waals surface area contributed by atoms with Gasteiger partial charge in [0, 0.05) is 37.6 Å². The van der Waals surface area contributed by atoms with Crippen molar-refractivity contribution in [2.75, 3.05) is 13.6 Å². The summed E-state index contributed by atoms with van der Waals surface area (Å²) in [5.74, 6) is -1.69. The number of nitrogens with one attached hydrogen (secondary N) is 1. The fourth-order valence-electron chi connectivity index (χ4n) is 2.80. The molecule has 0 bridgehead atoms. The number of pyridine rings is 1. The number of amides is 1. The molecule has 3 rings (SSSR count). The Morgan fingerprint density at radius 1 is 1.30 bits per heavy atom. The molecular weight excluding hydrogens is 300 g/mol. The van der Waals surface area contributed by atoms with Gasteiger partial charge in [0.05, 0.1) is 5.56 Å². The van der Waals surface area contributed by atoms with Crippen molar-refractivity contribution in [1.29, 1.82) is 0 Å². The van der Waals surface area contributed by atoms with Crippen molar-refractivity contribution in [3.05, 3.63) is 64.5 Å². The third kappa shape index (κ3) is 3.22. The SMILES string of the molecule is CN1CCc2c(cncc2C(=O)NCc2c(F)cccc2F)C1. The van der Waals surface area contributed by atoms with E-state index in [0.29, 0.717) is 5.56 Å². The van der Waals surface area contributed by atoms with Crippen LogP contribution in [0.15, 0.2) is 30.6 Å². The first-order valence-corrected chi connectivity index (χ1v) is 7.41. The highest BCUT2D eigenvalue weighted by Crippen LogP contribution is 2.21. The molecule has 0 unspecified atom stereocenters. The predicted molar refractivity (Wildman–Crippen MR) is 81.8 cm³/mol. The van der Waals surface area contributed by atoms with E-state index in [0.717, 1.165) is 30.6 Å². The Hall–Kier alpha value is -2.34. The van der Waals surface area contributed by atoms with Crippen LogP contribution in [0.1, 0.15) is 27.0 Å². The molecule has 1 amide bonds. The molecule has 0 radical (unpaired) electrons. The van der Waals surface area contributed by atoms with Crippen molar-refractivity contribution in [1.82, 2.24) is 15.2 Å². The van der Waals surface area contributed by atoms with E-state index in [1.165, 1.54) is 24.4 Å². The Bertz CT molecular complexity index is 728. The molecule has 1 aromatic heterocycles. The maximum atomic E-state index is 13.6. The highest BCUT2D eigenvalue weighted by atomic mass is 19.1. The van der Waals surface area contributed by atoms with Gasteiger partial charge in [-0.25, -0.2) is 8.78 Å². The molecule has 1 N–H and O–H groups in total. The average molecular weight is 317 g/mol. The maximum Gasteiger partial charge on any atom is 0.253 e. The molecule has 2 aromatic rings. The van der Waals surface area contributed by atoms with Crippen LogP contribution >= 0.6 is 0 Å². The van der Waals surface area contributed by atoms with Gasteiger partial charge in [0.1, 0.15) is 11.6 Å². The Labute approximate surface area is 133 Å². The summed E-state index contributed by atoms with van der Waals surface area (Å²) in [5.41, 5.74) is 2.32. The molecule has 120 valence electrons. The number of hydrogen-bond donors (Lipinski definition) is 1. The Morgan fingerprint density at radius 3 is 2.78 bits per heavy atom. The van der Waals surface area contributed by atoms with Crippen LogP contribution in [-0.4, -0.2) is 29.4 Å². The summed E-state index contributed by atoms with van der Waals surface area (Å²) in [5, 5.41) is 2.59. The van der Waals surface area contributed by atoms with Crippen LogP contribution in [0.5, 0.6) is 0 Å². The normalized spacial score (nSPS) is 14.4. The van der Waals surface area contributed by atoms with Crippen LogP contribution in [0, 0.1) is 11.6 Å². The van der Waals surface area contributed by atoms with Gasteiger partial charge in [-0.15, -0.1) is 0 Å². The van der Waals surface area contributed by atoms with E-state index < -0.39 is 11.6 Å². The zero-order chi connectivity index (χ0) is 16.4. The molecule has 0 saturated heterocycles. The number of nitrogens with zero attached hydrogens (tertiary/aromatic N) is 2. The summed E-state index contributed by atoms with van der Waals surface area (Å²) >= 11 is 0. The van der Waals surface area contributed by atoms with Crippen LogP contribution in [0.2, 0.25) is 0 Å². The van der Waals surface area contributed by atoms with Crippen molar-refractivity contribution < 1.29 is 13.6 Å². The second-order valence-electron chi connectivity index (χ2n) is 5.70. The second kappa shape index (κ2) is 6.42. The largest absolute Gasteiger partial charge is 0.348 e.